The predicted octanol–water partition coefficient (Wildman–Crippen LogP) is 4.24. The smallest absolute Gasteiger partial charge is 0.234 e. The molecule has 1 unspecified atom stereocenters. The predicted molar refractivity (Wildman–Crippen MR) is 125 cm³/mol. The SMILES string of the molecule is COc1cc(/C=C/C2=NOC(C)(c3ccc(F)cc3)N2CCCO)ccc1-n1cnc(C)c1. The van der Waals surface area contributed by atoms with E-state index < -0.39 is 5.72 Å². The fraction of sp³-hybridized carbons (Fsp3) is 0.280. The standard InChI is InChI=1S/C25H27FN4O3/c1-18-16-29(17-27-18)22-11-5-19(15-23(22)32-3)6-12-24-28-33-25(2,30(24)13-4-14-31)20-7-9-21(26)10-8-20/h5-12,15-17,31H,4,13-14H2,1-3H3/b12-6+. The van der Waals surface area contributed by atoms with Crippen LogP contribution in [0.25, 0.3) is 11.8 Å². The van der Waals surface area contributed by atoms with Crippen molar-refractivity contribution in [3.63, 3.8) is 0 Å². The van der Waals surface area contributed by atoms with Crippen molar-refractivity contribution in [3.05, 3.63) is 83.7 Å². The number of aliphatic hydroxyl groups excluding tert-OH is 1. The Morgan fingerprint density at radius 2 is 1.97 bits per heavy atom. The van der Waals surface area contributed by atoms with E-state index in [0.29, 0.717) is 24.6 Å². The van der Waals surface area contributed by atoms with Gasteiger partial charge in [-0.05, 0) is 49.2 Å². The third-order valence-electron chi connectivity index (χ3n) is 5.65. The van der Waals surface area contributed by atoms with Crippen molar-refractivity contribution in [2.24, 2.45) is 5.16 Å². The van der Waals surface area contributed by atoms with Gasteiger partial charge in [-0.1, -0.05) is 29.4 Å². The van der Waals surface area contributed by atoms with Gasteiger partial charge in [-0.15, -0.1) is 0 Å². The third kappa shape index (κ3) is 4.61. The van der Waals surface area contributed by atoms with Gasteiger partial charge in [0, 0.05) is 31.8 Å². The van der Waals surface area contributed by atoms with E-state index in [-0.39, 0.29) is 12.4 Å². The van der Waals surface area contributed by atoms with Gasteiger partial charge in [-0.25, -0.2) is 9.37 Å². The molecule has 2 aromatic carbocycles. The lowest BCUT2D eigenvalue weighted by Crippen LogP contribution is -2.44. The van der Waals surface area contributed by atoms with Crippen molar-refractivity contribution >= 4 is 11.9 Å². The topological polar surface area (TPSA) is 72.1 Å². The summed E-state index contributed by atoms with van der Waals surface area (Å²) < 4.78 is 20.9. The number of aliphatic hydroxyl groups is 1. The second-order valence-corrected chi connectivity index (χ2v) is 7.95. The van der Waals surface area contributed by atoms with Crippen molar-refractivity contribution in [3.8, 4) is 11.4 Å². The van der Waals surface area contributed by atoms with Crippen molar-refractivity contribution < 1.29 is 19.1 Å². The summed E-state index contributed by atoms with van der Waals surface area (Å²) in [5.41, 5.74) is 2.62. The molecule has 1 aromatic heterocycles. The fourth-order valence-electron chi connectivity index (χ4n) is 3.83. The van der Waals surface area contributed by atoms with Crippen LogP contribution in [0, 0.1) is 12.7 Å². The maximum Gasteiger partial charge on any atom is 0.234 e. The van der Waals surface area contributed by atoms with E-state index in [4.69, 9.17) is 9.57 Å². The second-order valence-electron chi connectivity index (χ2n) is 7.95. The highest BCUT2D eigenvalue weighted by Gasteiger charge is 2.42. The Kier molecular flexibility index (Phi) is 6.46. The highest BCUT2D eigenvalue weighted by atomic mass is 19.1. The lowest BCUT2D eigenvalue weighted by Gasteiger charge is -2.34. The van der Waals surface area contributed by atoms with Crippen molar-refractivity contribution in [2.45, 2.75) is 26.0 Å². The van der Waals surface area contributed by atoms with Crippen LogP contribution in [-0.2, 0) is 10.6 Å². The molecule has 0 bridgehead atoms. The molecule has 0 aliphatic carbocycles. The van der Waals surface area contributed by atoms with Gasteiger partial charge < -0.3 is 24.1 Å². The zero-order chi connectivity index (χ0) is 23.4. The molecule has 8 heteroatoms. The maximum atomic E-state index is 13.4. The number of rotatable bonds is 8. The molecule has 0 spiro atoms. The van der Waals surface area contributed by atoms with Crippen molar-refractivity contribution in [1.29, 1.82) is 0 Å². The minimum atomic E-state index is -0.899. The van der Waals surface area contributed by atoms with E-state index >= 15 is 0 Å². The minimum absolute atomic E-state index is 0.0410. The lowest BCUT2D eigenvalue weighted by molar-refractivity contribution is -0.0912. The Morgan fingerprint density at radius 3 is 2.64 bits per heavy atom. The number of hydrogen-bond acceptors (Lipinski definition) is 6. The van der Waals surface area contributed by atoms with Crippen LogP contribution in [0.3, 0.4) is 0 Å². The molecule has 1 aliphatic rings. The molecule has 172 valence electrons. The number of amidine groups is 1. The highest BCUT2D eigenvalue weighted by Crippen LogP contribution is 2.35. The first-order valence-corrected chi connectivity index (χ1v) is 10.7. The molecule has 3 aromatic rings. The summed E-state index contributed by atoms with van der Waals surface area (Å²) in [5.74, 6) is 1.02. The van der Waals surface area contributed by atoms with Gasteiger partial charge in [0.15, 0.2) is 5.84 Å². The van der Waals surface area contributed by atoms with Crippen LogP contribution in [-0.4, -0.2) is 45.7 Å². The first-order valence-electron chi connectivity index (χ1n) is 10.7. The molecule has 0 radical (unpaired) electrons. The molecular formula is C25H27FN4O3. The number of aryl methyl sites for hydroxylation is 1. The van der Waals surface area contributed by atoms with Crippen LogP contribution in [0.5, 0.6) is 5.75 Å². The van der Waals surface area contributed by atoms with Gasteiger partial charge in [0.2, 0.25) is 5.72 Å². The summed E-state index contributed by atoms with van der Waals surface area (Å²) >= 11 is 0. The van der Waals surface area contributed by atoms with E-state index in [1.54, 1.807) is 25.6 Å². The number of imidazole rings is 1. The van der Waals surface area contributed by atoms with Crippen LogP contribution in [0.15, 0.2) is 66.2 Å². The quantitative estimate of drug-likeness (QED) is 0.556. The van der Waals surface area contributed by atoms with Gasteiger partial charge in [0.25, 0.3) is 0 Å². The van der Waals surface area contributed by atoms with Crippen LogP contribution in [0.2, 0.25) is 0 Å². The fourth-order valence-corrected chi connectivity index (χ4v) is 3.83. The Morgan fingerprint density at radius 1 is 1.18 bits per heavy atom. The number of hydrogen-bond donors (Lipinski definition) is 1. The number of ether oxygens (including phenoxy) is 1. The van der Waals surface area contributed by atoms with Gasteiger partial charge >= 0.3 is 0 Å². The van der Waals surface area contributed by atoms with Gasteiger partial charge in [-0.3, -0.25) is 0 Å². The average molecular weight is 451 g/mol. The number of halogens is 1. The van der Waals surface area contributed by atoms with E-state index in [9.17, 15) is 9.50 Å². The third-order valence-corrected chi connectivity index (χ3v) is 5.65. The Balaban J connectivity index is 1.59. The number of aromatic nitrogens is 2. The number of nitrogens with zero attached hydrogens (tertiary/aromatic N) is 4. The molecule has 0 saturated heterocycles. The van der Waals surface area contributed by atoms with Crippen LogP contribution < -0.4 is 4.74 Å². The molecule has 1 N–H and O–H groups in total. The molecule has 0 amide bonds. The molecule has 1 atom stereocenters. The maximum absolute atomic E-state index is 13.4. The summed E-state index contributed by atoms with van der Waals surface area (Å²) in [5, 5.41) is 13.7. The number of benzene rings is 2. The summed E-state index contributed by atoms with van der Waals surface area (Å²) in [6.07, 6.45) is 8.02. The van der Waals surface area contributed by atoms with Gasteiger partial charge in [0.05, 0.1) is 24.8 Å². The zero-order valence-corrected chi connectivity index (χ0v) is 18.9. The molecule has 0 fully saturated rings. The van der Waals surface area contributed by atoms with Crippen LogP contribution in [0.1, 0.15) is 30.2 Å². The van der Waals surface area contributed by atoms with Crippen molar-refractivity contribution in [1.82, 2.24) is 14.5 Å². The number of oxime groups is 1. The monoisotopic (exact) mass is 450 g/mol. The Hall–Kier alpha value is -3.65. The average Bonchev–Trinajstić information content (AvgIpc) is 3.40. The zero-order valence-electron chi connectivity index (χ0n) is 18.9. The van der Waals surface area contributed by atoms with E-state index in [1.165, 1.54) is 12.1 Å². The first-order chi connectivity index (χ1) is 15.9. The summed E-state index contributed by atoms with van der Waals surface area (Å²) in [7, 11) is 1.63. The summed E-state index contributed by atoms with van der Waals surface area (Å²) in [4.78, 5) is 12.1. The van der Waals surface area contributed by atoms with Crippen molar-refractivity contribution in [2.75, 3.05) is 20.3 Å². The molecule has 4 rings (SSSR count). The van der Waals surface area contributed by atoms with Gasteiger partial charge in [-0.2, -0.15) is 0 Å². The molecular weight excluding hydrogens is 423 g/mol. The molecule has 2 heterocycles. The normalized spacial score (nSPS) is 18.0. The lowest BCUT2D eigenvalue weighted by atomic mass is 10.0. The summed E-state index contributed by atoms with van der Waals surface area (Å²) in [6, 6.07) is 12.1. The van der Waals surface area contributed by atoms with E-state index in [2.05, 4.69) is 10.1 Å². The van der Waals surface area contributed by atoms with Crippen LogP contribution in [0.4, 0.5) is 4.39 Å². The number of methoxy groups -OCH3 is 1. The van der Waals surface area contributed by atoms with Gasteiger partial charge in [0.1, 0.15) is 11.6 Å². The Labute approximate surface area is 192 Å². The summed E-state index contributed by atoms with van der Waals surface area (Å²) in [6.45, 7) is 4.38. The second kappa shape index (κ2) is 9.46. The first kappa shape index (κ1) is 22.5. The molecule has 0 saturated carbocycles. The largest absolute Gasteiger partial charge is 0.495 e. The molecule has 33 heavy (non-hydrogen) atoms. The highest BCUT2D eigenvalue weighted by molar-refractivity contribution is 5.97. The Bertz CT molecular complexity index is 1170. The van der Waals surface area contributed by atoms with E-state index in [1.807, 2.05) is 59.9 Å². The minimum Gasteiger partial charge on any atom is -0.495 e. The van der Waals surface area contributed by atoms with Crippen LogP contribution >= 0.6 is 0 Å². The van der Waals surface area contributed by atoms with E-state index in [0.717, 1.165) is 22.5 Å². The molecule has 7 nitrogen and oxygen atoms in total. The molecule has 1 aliphatic heterocycles.